The fourth-order valence-electron chi connectivity index (χ4n) is 5.55. The van der Waals surface area contributed by atoms with Gasteiger partial charge in [-0.3, -0.25) is 0 Å². The fourth-order valence-corrected chi connectivity index (χ4v) is 8.15. The molecule has 41 heavy (non-hydrogen) atoms. The number of nitrogens with zero attached hydrogens (tertiary/aromatic N) is 1. The zero-order valence-electron chi connectivity index (χ0n) is 21.8. The maximum atomic E-state index is 6.69. The molecule has 2 heterocycles. The van der Waals surface area contributed by atoms with Crippen LogP contribution in [0.4, 0.5) is 17.1 Å². The van der Waals surface area contributed by atoms with Gasteiger partial charge in [-0.25, -0.2) is 0 Å². The third kappa shape index (κ3) is 4.31. The average molecular weight is 584 g/mol. The van der Waals surface area contributed by atoms with Crippen LogP contribution in [-0.4, -0.2) is 0 Å². The van der Waals surface area contributed by atoms with E-state index in [0.717, 1.165) is 39.0 Å². The van der Waals surface area contributed by atoms with Gasteiger partial charge in [-0.1, -0.05) is 108 Å². The van der Waals surface area contributed by atoms with Crippen LogP contribution in [0.2, 0.25) is 5.02 Å². The maximum absolute atomic E-state index is 6.69. The molecule has 1 aromatic heterocycles. The topological polar surface area (TPSA) is 16.4 Å². The van der Waals surface area contributed by atoms with E-state index in [1.165, 1.54) is 30.7 Å². The third-order valence-electron chi connectivity index (χ3n) is 7.37. The molecule has 0 bridgehead atoms. The Hall–Kier alpha value is -4.09. The summed E-state index contributed by atoms with van der Waals surface area (Å²) in [6.45, 7) is 0. The second kappa shape index (κ2) is 10.1. The average Bonchev–Trinajstić information content (AvgIpc) is 3.39. The predicted molar refractivity (Wildman–Crippen MR) is 174 cm³/mol. The lowest BCUT2D eigenvalue weighted by Crippen LogP contribution is -2.10. The van der Waals surface area contributed by atoms with Crippen LogP contribution in [0.3, 0.4) is 0 Å². The molecule has 0 atom stereocenters. The van der Waals surface area contributed by atoms with E-state index in [-0.39, 0.29) is 0 Å². The number of para-hydroxylation sites is 2. The molecule has 196 valence electrons. The standard InChI is InChI=1S/C36H22ClNOS2/c37-24-21-29(35-28-11-4-5-13-30(28)39-31(35)22-24)38(25-9-2-1-3-10-25)26-19-17-23(18-20-26)27-12-8-16-34-36(27)41-33-15-7-6-14-32(33)40-34/h1-22H. The summed E-state index contributed by atoms with van der Waals surface area (Å²) in [4.78, 5) is 7.50. The third-order valence-corrected chi connectivity index (χ3v) is 10.2. The first-order chi connectivity index (χ1) is 20.2. The molecule has 2 nitrogen and oxygen atoms in total. The number of anilines is 3. The highest BCUT2D eigenvalue weighted by atomic mass is 35.5. The van der Waals surface area contributed by atoms with Crippen LogP contribution in [0.5, 0.6) is 0 Å². The van der Waals surface area contributed by atoms with Crippen LogP contribution in [0.25, 0.3) is 33.1 Å². The first-order valence-corrected chi connectivity index (χ1v) is 15.4. The summed E-state index contributed by atoms with van der Waals surface area (Å²) in [6.07, 6.45) is 0. The second-order valence-corrected chi connectivity index (χ2v) is 12.5. The summed E-state index contributed by atoms with van der Waals surface area (Å²) in [6, 6.07) is 46.6. The number of halogens is 1. The maximum Gasteiger partial charge on any atom is 0.139 e. The highest BCUT2D eigenvalue weighted by molar-refractivity contribution is 8.05. The lowest BCUT2D eigenvalue weighted by Gasteiger charge is -2.27. The van der Waals surface area contributed by atoms with Crippen LogP contribution in [0.15, 0.2) is 157 Å². The van der Waals surface area contributed by atoms with Crippen LogP contribution < -0.4 is 4.90 Å². The molecule has 0 spiro atoms. The van der Waals surface area contributed by atoms with E-state index in [1.807, 2.05) is 59.9 Å². The zero-order valence-corrected chi connectivity index (χ0v) is 24.1. The normalized spacial score (nSPS) is 12.3. The molecule has 0 saturated heterocycles. The molecular formula is C36H22ClNOS2. The van der Waals surface area contributed by atoms with Gasteiger partial charge in [0, 0.05) is 47.4 Å². The molecule has 0 fully saturated rings. The van der Waals surface area contributed by atoms with Gasteiger partial charge in [-0.05, 0) is 65.7 Å². The fraction of sp³-hybridized carbons (Fsp3) is 0. The molecule has 0 N–H and O–H groups in total. The molecular weight excluding hydrogens is 562 g/mol. The highest BCUT2D eigenvalue weighted by Crippen LogP contribution is 2.52. The zero-order chi connectivity index (χ0) is 27.3. The van der Waals surface area contributed by atoms with Crippen LogP contribution >= 0.6 is 35.1 Å². The van der Waals surface area contributed by atoms with E-state index >= 15 is 0 Å². The van der Waals surface area contributed by atoms with Gasteiger partial charge in [0.25, 0.3) is 0 Å². The van der Waals surface area contributed by atoms with Crippen molar-refractivity contribution in [3.05, 3.63) is 138 Å². The Kier molecular flexibility index (Phi) is 6.07. The first-order valence-electron chi connectivity index (χ1n) is 13.4. The summed E-state index contributed by atoms with van der Waals surface area (Å²) in [5, 5.41) is 2.74. The monoisotopic (exact) mass is 583 g/mol. The SMILES string of the molecule is Clc1cc(N(c2ccccc2)c2ccc(-c3cccc4c3Sc3ccccc3S4)cc2)c2c(c1)oc1ccccc12. The quantitative estimate of drug-likeness (QED) is 0.205. The van der Waals surface area contributed by atoms with E-state index in [9.17, 15) is 0 Å². The molecule has 1 aliphatic rings. The van der Waals surface area contributed by atoms with Crippen molar-refractivity contribution < 1.29 is 4.42 Å². The predicted octanol–water partition coefficient (Wildman–Crippen LogP) is 12.0. The Bertz CT molecular complexity index is 2070. The number of rotatable bonds is 4. The van der Waals surface area contributed by atoms with E-state index in [4.69, 9.17) is 16.0 Å². The van der Waals surface area contributed by atoms with Gasteiger partial charge in [-0.2, -0.15) is 0 Å². The molecule has 0 unspecified atom stereocenters. The molecule has 0 saturated carbocycles. The van der Waals surface area contributed by atoms with E-state index in [2.05, 4.69) is 102 Å². The first kappa shape index (κ1) is 24.7. The smallest absolute Gasteiger partial charge is 0.139 e. The molecule has 0 radical (unpaired) electrons. The van der Waals surface area contributed by atoms with Crippen molar-refractivity contribution in [1.29, 1.82) is 0 Å². The second-order valence-electron chi connectivity index (χ2n) is 9.90. The molecule has 6 aromatic carbocycles. The van der Waals surface area contributed by atoms with Gasteiger partial charge in [0.05, 0.1) is 11.1 Å². The number of hydrogen-bond donors (Lipinski definition) is 0. The van der Waals surface area contributed by atoms with Crippen molar-refractivity contribution >= 4 is 74.1 Å². The Balaban J connectivity index is 1.27. The van der Waals surface area contributed by atoms with Gasteiger partial charge < -0.3 is 9.32 Å². The number of benzene rings is 6. The van der Waals surface area contributed by atoms with Gasteiger partial charge in [0.15, 0.2) is 0 Å². The van der Waals surface area contributed by atoms with Crippen molar-refractivity contribution in [1.82, 2.24) is 0 Å². The van der Waals surface area contributed by atoms with Gasteiger partial charge in [-0.15, -0.1) is 0 Å². The Morgan fingerprint density at radius 3 is 2.07 bits per heavy atom. The molecule has 8 rings (SSSR count). The Labute approximate surface area is 251 Å². The summed E-state index contributed by atoms with van der Waals surface area (Å²) in [5.41, 5.74) is 7.14. The highest BCUT2D eigenvalue weighted by Gasteiger charge is 2.22. The van der Waals surface area contributed by atoms with Gasteiger partial charge in [0.1, 0.15) is 11.2 Å². The largest absolute Gasteiger partial charge is 0.456 e. The van der Waals surface area contributed by atoms with Crippen molar-refractivity contribution in [3.63, 3.8) is 0 Å². The van der Waals surface area contributed by atoms with Crippen LogP contribution in [0, 0.1) is 0 Å². The summed E-state index contributed by atoms with van der Waals surface area (Å²) >= 11 is 10.4. The summed E-state index contributed by atoms with van der Waals surface area (Å²) in [7, 11) is 0. The van der Waals surface area contributed by atoms with Crippen LogP contribution in [0.1, 0.15) is 0 Å². The molecule has 5 heteroatoms. The van der Waals surface area contributed by atoms with Crippen molar-refractivity contribution in [3.8, 4) is 11.1 Å². The Morgan fingerprint density at radius 2 is 1.24 bits per heavy atom. The lowest BCUT2D eigenvalue weighted by atomic mass is 10.0. The van der Waals surface area contributed by atoms with E-state index < -0.39 is 0 Å². The summed E-state index contributed by atoms with van der Waals surface area (Å²) < 4.78 is 6.24. The number of furan rings is 1. The molecule has 7 aromatic rings. The summed E-state index contributed by atoms with van der Waals surface area (Å²) in [5.74, 6) is 0. The van der Waals surface area contributed by atoms with Crippen molar-refractivity contribution in [2.75, 3.05) is 4.90 Å². The lowest BCUT2D eigenvalue weighted by molar-refractivity contribution is 0.669. The van der Waals surface area contributed by atoms with E-state index in [1.54, 1.807) is 0 Å². The Morgan fingerprint density at radius 1 is 0.561 bits per heavy atom. The molecule has 1 aliphatic heterocycles. The van der Waals surface area contributed by atoms with Gasteiger partial charge >= 0.3 is 0 Å². The molecule has 0 amide bonds. The minimum absolute atomic E-state index is 0.634. The number of hydrogen-bond acceptors (Lipinski definition) is 4. The number of fused-ring (bicyclic) bond motifs is 5. The van der Waals surface area contributed by atoms with E-state index in [0.29, 0.717) is 5.02 Å². The minimum atomic E-state index is 0.634. The van der Waals surface area contributed by atoms with Crippen molar-refractivity contribution in [2.24, 2.45) is 0 Å². The van der Waals surface area contributed by atoms with Gasteiger partial charge in [0.2, 0.25) is 0 Å². The molecule has 0 aliphatic carbocycles. The van der Waals surface area contributed by atoms with Crippen molar-refractivity contribution in [2.45, 2.75) is 19.6 Å². The minimum Gasteiger partial charge on any atom is -0.456 e. The van der Waals surface area contributed by atoms with Crippen LogP contribution in [-0.2, 0) is 0 Å².